The molecule has 0 atom stereocenters. The second-order valence-electron chi connectivity index (χ2n) is 5.49. The molecule has 0 unspecified atom stereocenters. The Balaban J connectivity index is 2.30. The lowest BCUT2D eigenvalue weighted by Gasteiger charge is -2.30. The summed E-state index contributed by atoms with van der Waals surface area (Å²) in [5.74, 6) is 0.622. The van der Waals surface area contributed by atoms with Crippen molar-refractivity contribution in [3.8, 4) is 5.75 Å². The molecule has 2 rings (SSSR count). The van der Waals surface area contributed by atoms with Crippen molar-refractivity contribution < 1.29 is 13.2 Å². The summed E-state index contributed by atoms with van der Waals surface area (Å²) in [5.41, 5.74) is 6.37. The zero-order valence-electron chi connectivity index (χ0n) is 12.7. The van der Waals surface area contributed by atoms with Gasteiger partial charge in [-0.1, -0.05) is 19.3 Å². The van der Waals surface area contributed by atoms with E-state index in [1.54, 1.807) is 32.4 Å². The van der Waals surface area contributed by atoms with Gasteiger partial charge in [-0.3, -0.25) is 0 Å². The zero-order valence-corrected chi connectivity index (χ0v) is 13.5. The Labute approximate surface area is 127 Å². The molecule has 0 spiro atoms. The van der Waals surface area contributed by atoms with Crippen molar-refractivity contribution in [1.82, 2.24) is 4.31 Å². The van der Waals surface area contributed by atoms with Crippen LogP contribution in [-0.2, 0) is 16.6 Å². The molecule has 6 heteroatoms. The van der Waals surface area contributed by atoms with Gasteiger partial charge in [-0.2, -0.15) is 4.31 Å². The Morgan fingerprint density at radius 2 is 1.95 bits per heavy atom. The van der Waals surface area contributed by atoms with Crippen molar-refractivity contribution in [3.05, 3.63) is 23.8 Å². The van der Waals surface area contributed by atoms with Crippen LogP contribution in [-0.4, -0.2) is 32.9 Å². The lowest BCUT2D eigenvalue weighted by atomic mass is 9.96. The van der Waals surface area contributed by atoms with Gasteiger partial charge < -0.3 is 10.5 Å². The molecule has 0 saturated heterocycles. The van der Waals surface area contributed by atoms with Gasteiger partial charge in [0.15, 0.2) is 0 Å². The van der Waals surface area contributed by atoms with Crippen LogP contribution in [0.4, 0.5) is 0 Å². The van der Waals surface area contributed by atoms with Crippen molar-refractivity contribution in [3.63, 3.8) is 0 Å². The number of sulfonamides is 1. The second-order valence-corrected chi connectivity index (χ2v) is 7.49. The maximum absolute atomic E-state index is 12.7. The molecule has 1 fully saturated rings. The molecule has 1 aromatic rings. The Hall–Kier alpha value is -1.11. The molecular weight excluding hydrogens is 288 g/mol. The number of benzene rings is 1. The minimum atomic E-state index is -3.47. The molecule has 0 aliphatic heterocycles. The largest absolute Gasteiger partial charge is 0.496 e. The van der Waals surface area contributed by atoms with E-state index in [4.69, 9.17) is 10.5 Å². The third-order valence-electron chi connectivity index (χ3n) is 4.24. The summed E-state index contributed by atoms with van der Waals surface area (Å²) in [5, 5.41) is 0. The Kier molecular flexibility index (Phi) is 5.24. The highest BCUT2D eigenvalue weighted by molar-refractivity contribution is 7.89. The van der Waals surface area contributed by atoms with Gasteiger partial charge in [0.05, 0.1) is 12.0 Å². The average molecular weight is 312 g/mol. The highest BCUT2D eigenvalue weighted by Gasteiger charge is 2.29. The van der Waals surface area contributed by atoms with Crippen LogP contribution in [0.25, 0.3) is 0 Å². The van der Waals surface area contributed by atoms with Gasteiger partial charge in [-0.05, 0) is 31.0 Å². The first-order valence-electron chi connectivity index (χ1n) is 7.35. The highest BCUT2D eigenvalue weighted by atomic mass is 32.2. The van der Waals surface area contributed by atoms with E-state index in [2.05, 4.69) is 0 Å². The predicted molar refractivity (Wildman–Crippen MR) is 82.7 cm³/mol. The summed E-state index contributed by atoms with van der Waals surface area (Å²) in [6, 6.07) is 4.98. The molecule has 0 amide bonds. The number of methoxy groups -OCH3 is 1. The van der Waals surface area contributed by atoms with Gasteiger partial charge in [0.2, 0.25) is 10.0 Å². The van der Waals surface area contributed by atoms with Gasteiger partial charge in [0, 0.05) is 25.2 Å². The smallest absolute Gasteiger partial charge is 0.243 e. The molecule has 118 valence electrons. The maximum atomic E-state index is 12.7. The molecule has 1 saturated carbocycles. The summed E-state index contributed by atoms with van der Waals surface area (Å²) in [7, 11) is -0.243. The molecule has 21 heavy (non-hydrogen) atoms. The van der Waals surface area contributed by atoms with Gasteiger partial charge in [0.1, 0.15) is 5.75 Å². The summed E-state index contributed by atoms with van der Waals surface area (Å²) in [6.45, 7) is 0.250. The van der Waals surface area contributed by atoms with Crippen LogP contribution in [0.2, 0.25) is 0 Å². The van der Waals surface area contributed by atoms with Crippen LogP contribution < -0.4 is 10.5 Å². The van der Waals surface area contributed by atoms with Crippen molar-refractivity contribution in [2.75, 3.05) is 14.2 Å². The summed E-state index contributed by atoms with van der Waals surface area (Å²) >= 11 is 0. The van der Waals surface area contributed by atoms with Crippen LogP contribution in [0, 0.1) is 0 Å². The van der Waals surface area contributed by atoms with Crippen LogP contribution in [0.15, 0.2) is 23.1 Å². The zero-order chi connectivity index (χ0) is 15.5. The summed E-state index contributed by atoms with van der Waals surface area (Å²) in [4.78, 5) is 0.289. The SMILES string of the molecule is COc1ccc(S(=O)(=O)N(C)C2CCCCC2)cc1CN. The minimum Gasteiger partial charge on any atom is -0.496 e. The molecule has 0 bridgehead atoms. The van der Waals surface area contributed by atoms with Crippen molar-refractivity contribution in [2.45, 2.75) is 49.6 Å². The third kappa shape index (κ3) is 3.39. The second kappa shape index (κ2) is 6.77. The molecule has 0 aromatic heterocycles. The van der Waals surface area contributed by atoms with Gasteiger partial charge >= 0.3 is 0 Å². The van der Waals surface area contributed by atoms with E-state index in [0.29, 0.717) is 11.3 Å². The Morgan fingerprint density at radius 3 is 2.52 bits per heavy atom. The fourth-order valence-electron chi connectivity index (χ4n) is 2.88. The van der Waals surface area contributed by atoms with Crippen molar-refractivity contribution in [1.29, 1.82) is 0 Å². The number of nitrogens with two attached hydrogens (primary N) is 1. The summed E-state index contributed by atoms with van der Waals surface area (Å²) < 4.78 is 32.2. The normalized spacial score (nSPS) is 17.1. The van der Waals surface area contributed by atoms with Crippen LogP contribution in [0.5, 0.6) is 5.75 Å². The van der Waals surface area contributed by atoms with Crippen LogP contribution in [0.1, 0.15) is 37.7 Å². The monoisotopic (exact) mass is 312 g/mol. The first kappa shape index (κ1) is 16.3. The molecule has 2 N–H and O–H groups in total. The number of nitrogens with zero attached hydrogens (tertiary/aromatic N) is 1. The van der Waals surface area contributed by atoms with Crippen molar-refractivity contribution in [2.24, 2.45) is 5.73 Å². The Bertz CT molecular complexity index is 581. The van der Waals surface area contributed by atoms with Gasteiger partial charge in [0.25, 0.3) is 0 Å². The predicted octanol–water partition coefficient (Wildman–Crippen LogP) is 2.11. The van der Waals surface area contributed by atoms with E-state index >= 15 is 0 Å². The molecular formula is C15H24N2O3S. The van der Waals surface area contributed by atoms with Crippen LogP contribution >= 0.6 is 0 Å². The molecule has 0 radical (unpaired) electrons. The number of ether oxygens (including phenoxy) is 1. The lowest BCUT2D eigenvalue weighted by molar-refractivity contribution is 0.286. The summed E-state index contributed by atoms with van der Waals surface area (Å²) in [6.07, 6.45) is 5.28. The van der Waals surface area contributed by atoms with E-state index in [1.807, 2.05) is 0 Å². The molecule has 1 aliphatic carbocycles. The minimum absolute atomic E-state index is 0.104. The number of hydrogen-bond donors (Lipinski definition) is 1. The average Bonchev–Trinajstić information content (AvgIpc) is 2.54. The quantitative estimate of drug-likeness (QED) is 0.904. The maximum Gasteiger partial charge on any atom is 0.243 e. The molecule has 5 nitrogen and oxygen atoms in total. The first-order valence-corrected chi connectivity index (χ1v) is 8.79. The molecule has 1 aromatic carbocycles. The molecule has 0 heterocycles. The van der Waals surface area contributed by atoms with E-state index in [1.165, 1.54) is 10.7 Å². The van der Waals surface area contributed by atoms with E-state index < -0.39 is 10.0 Å². The Morgan fingerprint density at radius 1 is 1.29 bits per heavy atom. The van der Waals surface area contributed by atoms with Crippen molar-refractivity contribution >= 4 is 10.0 Å². The van der Waals surface area contributed by atoms with Gasteiger partial charge in [-0.25, -0.2) is 8.42 Å². The van der Waals surface area contributed by atoms with E-state index in [-0.39, 0.29) is 17.5 Å². The first-order chi connectivity index (χ1) is 10.0. The van der Waals surface area contributed by atoms with Gasteiger partial charge in [-0.15, -0.1) is 0 Å². The highest BCUT2D eigenvalue weighted by Crippen LogP contribution is 2.28. The standard InChI is InChI=1S/C15H24N2O3S/c1-17(13-6-4-3-5-7-13)21(18,19)14-8-9-15(20-2)12(10-14)11-16/h8-10,13H,3-7,11,16H2,1-2H3. The topological polar surface area (TPSA) is 72.6 Å². The third-order valence-corrected chi connectivity index (χ3v) is 6.14. The van der Waals surface area contributed by atoms with E-state index in [0.717, 1.165) is 25.7 Å². The molecule has 1 aliphatic rings. The number of rotatable bonds is 5. The fraction of sp³-hybridized carbons (Fsp3) is 0.600. The van der Waals surface area contributed by atoms with E-state index in [9.17, 15) is 8.42 Å². The van der Waals surface area contributed by atoms with Crippen LogP contribution in [0.3, 0.4) is 0 Å². The fourth-order valence-corrected chi connectivity index (χ4v) is 4.35. The lowest BCUT2D eigenvalue weighted by Crippen LogP contribution is -2.38. The number of hydrogen-bond acceptors (Lipinski definition) is 4.